The Balaban J connectivity index is 2.21. The fourth-order valence-electron chi connectivity index (χ4n) is 1.85. The highest BCUT2D eigenvalue weighted by molar-refractivity contribution is 5.82. The van der Waals surface area contributed by atoms with Gasteiger partial charge in [-0.2, -0.15) is 0 Å². The number of hydrogen-bond acceptors (Lipinski definition) is 4. The van der Waals surface area contributed by atoms with Gasteiger partial charge in [0.05, 0.1) is 6.61 Å². The Kier molecular flexibility index (Phi) is 5.93. The van der Waals surface area contributed by atoms with Crippen molar-refractivity contribution in [2.75, 3.05) is 26.3 Å². The average molecular weight is 244 g/mol. The molecular weight excluding hydrogens is 224 g/mol. The van der Waals surface area contributed by atoms with Crippen LogP contribution in [-0.2, 0) is 14.3 Å². The van der Waals surface area contributed by atoms with Crippen LogP contribution in [0.25, 0.3) is 0 Å². The number of aliphatic carboxylic acids is 1. The van der Waals surface area contributed by atoms with Crippen LogP contribution in [0, 0.1) is 5.92 Å². The van der Waals surface area contributed by atoms with Gasteiger partial charge in [-0.15, -0.1) is 0 Å². The van der Waals surface area contributed by atoms with E-state index in [-0.39, 0.29) is 12.5 Å². The average Bonchev–Trinajstić information content (AvgIpc) is 2.28. The molecular formula is C11H20N2O4. The Morgan fingerprint density at radius 3 is 2.82 bits per heavy atom. The van der Waals surface area contributed by atoms with Crippen LogP contribution in [0.4, 0.5) is 0 Å². The van der Waals surface area contributed by atoms with Crippen molar-refractivity contribution in [1.82, 2.24) is 10.6 Å². The van der Waals surface area contributed by atoms with Crippen LogP contribution >= 0.6 is 0 Å². The Morgan fingerprint density at radius 2 is 2.29 bits per heavy atom. The highest BCUT2D eigenvalue weighted by Gasteiger charge is 2.19. The molecule has 1 saturated heterocycles. The standard InChI is InChI=1S/C11H20N2O4/c1-8(14)13-10(11(15)16)6-12-5-9-3-2-4-17-7-9/h9-10,12H,2-7H2,1H3,(H,13,14)(H,15,16). The second-order valence-electron chi connectivity index (χ2n) is 4.33. The number of ether oxygens (including phenoxy) is 1. The summed E-state index contributed by atoms with van der Waals surface area (Å²) in [5, 5.41) is 14.3. The van der Waals surface area contributed by atoms with Gasteiger partial charge in [-0.1, -0.05) is 0 Å². The SMILES string of the molecule is CC(=O)NC(CNCC1CCCOC1)C(=O)O. The summed E-state index contributed by atoms with van der Waals surface area (Å²) >= 11 is 0. The van der Waals surface area contributed by atoms with Crippen molar-refractivity contribution in [3.63, 3.8) is 0 Å². The number of carbonyl (C=O) groups is 2. The molecule has 0 bridgehead atoms. The van der Waals surface area contributed by atoms with Gasteiger partial charge in [0, 0.05) is 26.6 Å². The highest BCUT2D eigenvalue weighted by Crippen LogP contribution is 2.11. The minimum atomic E-state index is -1.02. The van der Waals surface area contributed by atoms with E-state index in [0.717, 1.165) is 32.6 Å². The van der Waals surface area contributed by atoms with Crippen molar-refractivity contribution in [3.05, 3.63) is 0 Å². The molecule has 0 aliphatic carbocycles. The minimum Gasteiger partial charge on any atom is -0.480 e. The zero-order valence-electron chi connectivity index (χ0n) is 10.1. The molecule has 1 amide bonds. The van der Waals surface area contributed by atoms with E-state index in [0.29, 0.717) is 5.92 Å². The summed E-state index contributed by atoms with van der Waals surface area (Å²) in [4.78, 5) is 21.6. The number of hydrogen-bond donors (Lipinski definition) is 3. The third kappa shape index (κ3) is 5.65. The summed E-state index contributed by atoms with van der Waals surface area (Å²) in [5.41, 5.74) is 0. The Morgan fingerprint density at radius 1 is 1.53 bits per heavy atom. The molecule has 1 heterocycles. The van der Waals surface area contributed by atoms with Crippen molar-refractivity contribution >= 4 is 11.9 Å². The summed E-state index contributed by atoms with van der Waals surface area (Å²) in [7, 11) is 0. The molecule has 0 radical (unpaired) electrons. The Hall–Kier alpha value is -1.14. The molecule has 1 fully saturated rings. The van der Waals surface area contributed by atoms with E-state index >= 15 is 0 Å². The van der Waals surface area contributed by atoms with Gasteiger partial charge in [0.15, 0.2) is 0 Å². The quantitative estimate of drug-likeness (QED) is 0.591. The fraction of sp³-hybridized carbons (Fsp3) is 0.818. The molecule has 98 valence electrons. The van der Waals surface area contributed by atoms with Crippen molar-refractivity contribution in [2.45, 2.75) is 25.8 Å². The topological polar surface area (TPSA) is 87.7 Å². The van der Waals surface area contributed by atoms with Gasteiger partial charge in [-0.25, -0.2) is 4.79 Å². The second-order valence-corrected chi connectivity index (χ2v) is 4.33. The first-order chi connectivity index (χ1) is 8.09. The molecule has 6 nitrogen and oxygen atoms in total. The smallest absolute Gasteiger partial charge is 0.327 e. The van der Waals surface area contributed by atoms with Gasteiger partial charge < -0.3 is 20.5 Å². The van der Waals surface area contributed by atoms with E-state index in [2.05, 4.69) is 10.6 Å². The third-order valence-corrected chi connectivity index (χ3v) is 2.71. The zero-order valence-corrected chi connectivity index (χ0v) is 10.1. The molecule has 2 atom stereocenters. The predicted molar refractivity (Wildman–Crippen MR) is 61.7 cm³/mol. The Bertz CT molecular complexity index is 264. The van der Waals surface area contributed by atoms with Gasteiger partial charge >= 0.3 is 5.97 Å². The van der Waals surface area contributed by atoms with E-state index in [1.54, 1.807) is 0 Å². The van der Waals surface area contributed by atoms with Gasteiger partial charge in [-0.3, -0.25) is 4.79 Å². The molecule has 6 heteroatoms. The maximum atomic E-state index is 10.8. The van der Waals surface area contributed by atoms with Crippen LogP contribution in [0.3, 0.4) is 0 Å². The second kappa shape index (κ2) is 7.24. The van der Waals surface area contributed by atoms with Crippen LogP contribution in [0.2, 0.25) is 0 Å². The summed E-state index contributed by atoms with van der Waals surface area (Å²) in [6.07, 6.45) is 2.16. The maximum absolute atomic E-state index is 10.8. The van der Waals surface area contributed by atoms with Crippen molar-refractivity contribution < 1.29 is 19.4 Å². The first-order valence-corrected chi connectivity index (χ1v) is 5.88. The number of carboxylic acid groups (broad SMARTS) is 1. The van der Waals surface area contributed by atoms with Crippen LogP contribution < -0.4 is 10.6 Å². The fourth-order valence-corrected chi connectivity index (χ4v) is 1.85. The van der Waals surface area contributed by atoms with Gasteiger partial charge in [0.2, 0.25) is 5.91 Å². The van der Waals surface area contributed by atoms with E-state index in [4.69, 9.17) is 9.84 Å². The molecule has 2 unspecified atom stereocenters. The van der Waals surface area contributed by atoms with Crippen molar-refractivity contribution in [2.24, 2.45) is 5.92 Å². The first kappa shape index (κ1) is 13.9. The maximum Gasteiger partial charge on any atom is 0.327 e. The summed E-state index contributed by atoms with van der Waals surface area (Å²) in [5.74, 6) is -0.914. The molecule has 1 aliphatic rings. The van der Waals surface area contributed by atoms with Crippen LogP contribution in [-0.4, -0.2) is 49.3 Å². The summed E-state index contributed by atoms with van der Waals surface area (Å²) in [6.45, 7) is 3.82. The molecule has 17 heavy (non-hydrogen) atoms. The predicted octanol–water partition coefficient (Wildman–Crippen LogP) is -0.408. The number of amides is 1. The number of nitrogens with one attached hydrogen (secondary N) is 2. The number of carboxylic acids is 1. The molecule has 1 rings (SSSR count). The third-order valence-electron chi connectivity index (χ3n) is 2.71. The molecule has 3 N–H and O–H groups in total. The molecule has 1 aliphatic heterocycles. The molecule has 0 aromatic rings. The largest absolute Gasteiger partial charge is 0.480 e. The molecule has 0 aromatic heterocycles. The van der Waals surface area contributed by atoms with Crippen LogP contribution in [0.5, 0.6) is 0 Å². The van der Waals surface area contributed by atoms with E-state index in [1.165, 1.54) is 6.92 Å². The lowest BCUT2D eigenvalue weighted by molar-refractivity contribution is -0.141. The van der Waals surface area contributed by atoms with Crippen molar-refractivity contribution in [1.29, 1.82) is 0 Å². The highest BCUT2D eigenvalue weighted by atomic mass is 16.5. The molecule has 0 aromatic carbocycles. The van der Waals surface area contributed by atoms with Crippen molar-refractivity contribution in [3.8, 4) is 0 Å². The number of carbonyl (C=O) groups excluding carboxylic acids is 1. The van der Waals surface area contributed by atoms with E-state index in [1.807, 2.05) is 0 Å². The Labute approximate surface area is 101 Å². The van der Waals surface area contributed by atoms with Gasteiger partial charge in [0.1, 0.15) is 6.04 Å². The molecule has 0 saturated carbocycles. The molecule has 0 spiro atoms. The lowest BCUT2D eigenvalue weighted by atomic mass is 10.0. The zero-order chi connectivity index (χ0) is 12.7. The van der Waals surface area contributed by atoms with Gasteiger partial charge in [-0.05, 0) is 18.8 Å². The normalized spacial score (nSPS) is 21.8. The summed E-state index contributed by atoms with van der Waals surface area (Å²) in [6, 6.07) is -0.864. The summed E-state index contributed by atoms with van der Waals surface area (Å²) < 4.78 is 5.33. The number of rotatable bonds is 6. The minimum absolute atomic E-state index is 0.241. The lowest BCUT2D eigenvalue weighted by Gasteiger charge is -2.23. The van der Waals surface area contributed by atoms with E-state index in [9.17, 15) is 9.59 Å². The van der Waals surface area contributed by atoms with Gasteiger partial charge in [0.25, 0.3) is 0 Å². The lowest BCUT2D eigenvalue weighted by Crippen LogP contribution is -2.47. The first-order valence-electron chi connectivity index (χ1n) is 5.88. The van der Waals surface area contributed by atoms with E-state index < -0.39 is 12.0 Å². The van der Waals surface area contributed by atoms with Crippen LogP contribution in [0.15, 0.2) is 0 Å². The monoisotopic (exact) mass is 244 g/mol. The van der Waals surface area contributed by atoms with Crippen LogP contribution in [0.1, 0.15) is 19.8 Å².